The fourth-order valence-electron chi connectivity index (χ4n) is 3.16. The highest BCUT2D eigenvalue weighted by Gasteiger charge is 2.21. The molecular weight excluding hydrogens is 288 g/mol. The summed E-state index contributed by atoms with van der Waals surface area (Å²) in [5.74, 6) is 2.90. The van der Waals surface area contributed by atoms with Gasteiger partial charge in [0.25, 0.3) is 0 Å². The molecule has 1 N–H and O–H groups in total. The zero-order valence-electron chi connectivity index (χ0n) is 13.5. The van der Waals surface area contributed by atoms with Crippen molar-refractivity contribution in [3.8, 4) is 0 Å². The minimum Gasteiger partial charge on any atom is -0.353 e. The smallest absolute Gasteiger partial charge is 0.143 e. The van der Waals surface area contributed by atoms with Gasteiger partial charge < -0.3 is 14.8 Å². The van der Waals surface area contributed by atoms with Crippen molar-refractivity contribution in [1.82, 2.24) is 19.9 Å². The van der Waals surface area contributed by atoms with Gasteiger partial charge in [-0.05, 0) is 32.0 Å². The van der Waals surface area contributed by atoms with E-state index in [1.54, 1.807) is 0 Å². The molecule has 3 aromatic heterocycles. The van der Waals surface area contributed by atoms with Gasteiger partial charge in [0.05, 0.1) is 5.39 Å². The van der Waals surface area contributed by atoms with Crippen LogP contribution in [0.15, 0.2) is 30.5 Å². The molecule has 0 bridgehead atoms. The molecule has 0 amide bonds. The zero-order chi connectivity index (χ0) is 15.8. The molecule has 0 spiro atoms. The highest BCUT2D eigenvalue weighted by Crippen LogP contribution is 2.26. The Balaban J connectivity index is 1.59. The normalized spacial score (nSPS) is 15.4. The molecular formula is C17H20N6. The lowest BCUT2D eigenvalue weighted by Crippen LogP contribution is -2.47. The van der Waals surface area contributed by atoms with Crippen LogP contribution in [0.3, 0.4) is 0 Å². The van der Waals surface area contributed by atoms with Crippen molar-refractivity contribution in [1.29, 1.82) is 0 Å². The van der Waals surface area contributed by atoms with Crippen LogP contribution in [0.5, 0.6) is 0 Å². The van der Waals surface area contributed by atoms with E-state index in [-0.39, 0.29) is 0 Å². The highest BCUT2D eigenvalue weighted by molar-refractivity contribution is 5.88. The maximum Gasteiger partial charge on any atom is 0.143 e. The standard InChI is InChI=1S/C17H20N6/c1-12-11-14-16(19-12)20-13(2)21-17(14)23-9-7-22(8-10-23)15-5-3-4-6-18-15/h3-6,11H,7-10H2,1-2H3,(H,19,20,21). The van der Waals surface area contributed by atoms with Crippen molar-refractivity contribution < 1.29 is 0 Å². The van der Waals surface area contributed by atoms with Crippen molar-refractivity contribution in [3.63, 3.8) is 0 Å². The lowest BCUT2D eigenvalue weighted by molar-refractivity contribution is 0.642. The monoisotopic (exact) mass is 308 g/mol. The third-order valence-electron chi connectivity index (χ3n) is 4.27. The van der Waals surface area contributed by atoms with Crippen LogP contribution in [0, 0.1) is 13.8 Å². The topological polar surface area (TPSA) is 60.9 Å². The highest BCUT2D eigenvalue weighted by atomic mass is 15.3. The van der Waals surface area contributed by atoms with E-state index < -0.39 is 0 Å². The van der Waals surface area contributed by atoms with Crippen LogP contribution in [-0.2, 0) is 0 Å². The van der Waals surface area contributed by atoms with Crippen molar-refractivity contribution >= 4 is 22.7 Å². The van der Waals surface area contributed by atoms with Gasteiger partial charge in [-0.15, -0.1) is 0 Å². The Morgan fingerprint density at radius 3 is 2.52 bits per heavy atom. The summed E-state index contributed by atoms with van der Waals surface area (Å²) in [6.07, 6.45) is 1.85. The van der Waals surface area contributed by atoms with Gasteiger partial charge in [0.15, 0.2) is 0 Å². The first kappa shape index (κ1) is 14.0. The second-order valence-electron chi connectivity index (χ2n) is 5.97. The number of aryl methyl sites for hydroxylation is 2. The molecule has 0 aliphatic carbocycles. The summed E-state index contributed by atoms with van der Waals surface area (Å²) < 4.78 is 0. The van der Waals surface area contributed by atoms with E-state index in [4.69, 9.17) is 4.98 Å². The molecule has 6 nitrogen and oxygen atoms in total. The van der Waals surface area contributed by atoms with Gasteiger partial charge in [0, 0.05) is 38.1 Å². The van der Waals surface area contributed by atoms with Crippen LogP contribution in [0.2, 0.25) is 0 Å². The van der Waals surface area contributed by atoms with Crippen LogP contribution in [0.1, 0.15) is 11.5 Å². The summed E-state index contributed by atoms with van der Waals surface area (Å²) in [6, 6.07) is 8.19. The number of aromatic amines is 1. The molecule has 23 heavy (non-hydrogen) atoms. The summed E-state index contributed by atoms with van der Waals surface area (Å²) >= 11 is 0. The quantitative estimate of drug-likeness (QED) is 0.787. The van der Waals surface area contributed by atoms with Crippen molar-refractivity contribution in [3.05, 3.63) is 42.0 Å². The van der Waals surface area contributed by atoms with E-state index in [9.17, 15) is 0 Å². The van der Waals surface area contributed by atoms with Gasteiger partial charge in [-0.3, -0.25) is 0 Å². The van der Waals surface area contributed by atoms with E-state index >= 15 is 0 Å². The van der Waals surface area contributed by atoms with E-state index in [1.807, 2.05) is 25.3 Å². The van der Waals surface area contributed by atoms with Crippen molar-refractivity contribution in [2.45, 2.75) is 13.8 Å². The Morgan fingerprint density at radius 2 is 1.78 bits per heavy atom. The van der Waals surface area contributed by atoms with Crippen LogP contribution in [0.4, 0.5) is 11.6 Å². The van der Waals surface area contributed by atoms with Gasteiger partial charge in [-0.1, -0.05) is 6.07 Å². The third kappa shape index (κ3) is 2.60. The number of nitrogens with one attached hydrogen (secondary N) is 1. The molecule has 118 valence electrons. The van der Waals surface area contributed by atoms with E-state index in [2.05, 4.69) is 43.8 Å². The van der Waals surface area contributed by atoms with Gasteiger partial charge in [-0.25, -0.2) is 15.0 Å². The number of hydrogen-bond acceptors (Lipinski definition) is 5. The first-order chi connectivity index (χ1) is 11.2. The predicted molar refractivity (Wildman–Crippen MR) is 92.0 cm³/mol. The molecule has 0 saturated carbocycles. The van der Waals surface area contributed by atoms with Gasteiger partial charge in [0.2, 0.25) is 0 Å². The Morgan fingerprint density at radius 1 is 1.00 bits per heavy atom. The first-order valence-corrected chi connectivity index (χ1v) is 7.95. The molecule has 1 saturated heterocycles. The molecule has 1 aliphatic rings. The summed E-state index contributed by atoms with van der Waals surface area (Å²) in [5, 5.41) is 1.11. The molecule has 1 aliphatic heterocycles. The second kappa shape index (κ2) is 5.53. The fourth-order valence-corrected chi connectivity index (χ4v) is 3.16. The number of hydrogen-bond donors (Lipinski definition) is 1. The minimum atomic E-state index is 0.807. The lowest BCUT2D eigenvalue weighted by atomic mass is 10.2. The number of H-pyrrole nitrogens is 1. The number of pyridine rings is 1. The number of aromatic nitrogens is 4. The van der Waals surface area contributed by atoms with Gasteiger partial charge in [-0.2, -0.15) is 0 Å². The lowest BCUT2D eigenvalue weighted by Gasteiger charge is -2.36. The first-order valence-electron chi connectivity index (χ1n) is 7.95. The van der Waals surface area contributed by atoms with Crippen LogP contribution in [0.25, 0.3) is 11.0 Å². The van der Waals surface area contributed by atoms with Crippen molar-refractivity contribution in [2.75, 3.05) is 36.0 Å². The molecule has 0 aromatic carbocycles. The Labute approximate surface area is 135 Å². The second-order valence-corrected chi connectivity index (χ2v) is 5.97. The van der Waals surface area contributed by atoms with E-state index in [0.717, 1.165) is 60.4 Å². The summed E-state index contributed by atoms with van der Waals surface area (Å²) in [5.41, 5.74) is 2.05. The number of rotatable bonds is 2. The number of piperazine rings is 1. The summed E-state index contributed by atoms with van der Waals surface area (Å²) in [6.45, 7) is 7.78. The Kier molecular flexibility index (Phi) is 3.37. The predicted octanol–water partition coefficient (Wildman–Crippen LogP) is 2.30. The van der Waals surface area contributed by atoms with E-state index in [1.165, 1.54) is 0 Å². The average Bonchev–Trinajstić information content (AvgIpc) is 2.95. The fraction of sp³-hybridized carbons (Fsp3) is 0.353. The van der Waals surface area contributed by atoms with Crippen molar-refractivity contribution in [2.24, 2.45) is 0 Å². The number of fused-ring (bicyclic) bond motifs is 1. The maximum atomic E-state index is 4.70. The molecule has 0 unspecified atom stereocenters. The van der Waals surface area contributed by atoms with E-state index in [0.29, 0.717) is 0 Å². The molecule has 6 heteroatoms. The molecule has 1 fully saturated rings. The molecule has 0 atom stereocenters. The van der Waals surface area contributed by atoms with Crippen LogP contribution in [-0.4, -0.2) is 46.1 Å². The molecule has 4 heterocycles. The van der Waals surface area contributed by atoms with Crippen LogP contribution >= 0.6 is 0 Å². The zero-order valence-corrected chi connectivity index (χ0v) is 13.5. The van der Waals surface area contributed by atoms with Gasteiger partial charge >= 0.3 is 0 Å². The summed E-state index contributed by atoms with van der Waals surface area (Å²) in [7, 11) is 0. The molecule has 3 aromatic rings. The molecule has 0 radical (unpaired) electrons. The molecule has 4 rings (SSSR count). The van der Waals surface area contributed by atoms with Gasteiger partial charge in [0.1, 0.15) is 23.1 Å². The number of anilines is 2. The average molecular weight is 308 g/mol. The van der Waals surface area contributed by atoms with Crippen LogP contribution < -0.4 is 9.80 Å². The third-order valence-corrected chi connectivity index (χ3v) is 4.27. The Hall–Kier alpha value is -2.63. The maximum absolute atomic E-state index is 4.70. The SMILES string of the molecule is Cc1nc(N2CCN(c3ccccn3)CC2)c2cc(C)[nH]c2n1. The largest absolute Gasteiger partial charge is 0.353 e. The Bertz CT molecular complexity index is 818. The minimum absolute atomic E-state index is 0.807. The number of nitrogens with zero attached hydrogens (tertiary/aromatic N) is 5. The summed E-state index contributed by atoms with van der Waals surface area (Å²) in [4.78, 5) is 21.6.